The zero-order chi connectivity index (χ0) is 13.3. The summed E-state index contributed by atoms with van der Waals surface area (Å²) >= 11 is 3.76. The summed E-state index contributed by atoms with van der Waals surface area (Å²) in [7, 11) is 2.29. The molecule has 0 N–H and O–H groups in total. The number of hydrogen-bond donors (Lipinski definition) is 0. The molecule has 0 aliphatic rings. The number of alkyl halides is 1. The molecule has 0 bridgehead atoms. The van der Waals surface area contributed by atoms with E-state index in [0.29, 0.717) is 5.41 Å². The van der Waals surface area contributed by atoms with E-state index in [2.05, 4.69) is 55.6 Å². The minimum absolute atomic E-state index is 0.492. The molecular weight excluding hydrogens is 274 g/mol. The Hall–Kier alpha value is 0.440. The molecule has 0 heterocycles. The predicted octanol–water partition coefficient (Wildman–Crippen LogP) is 4.95. The quantitative estimate of drug-likeness (QED) is 0.516. The van der Waals surface area contributed by atoms with E-state index in [4.69, 9.17) is 0 Å². The van der Waals surface area contributed by atoms with Crippen LogP contribution in [0.1, 0.15) is 59.8 Å². The van der Waals surface area contributed by atoms with Crippen molar-refractivity contribution < 1.29 is 0 Å². The molecular formula is C15H32BrN. The van der Waals surface area contributed by atoms with Crippen LogP contribution in [0.15, 0.2) is 0 Å². The molecule has 0 aromatic carbocycles. The highest BCUT2D eigenvalue weighted by atomic mass is 79.9. The molecule has 0 spiro atoms. The highest BCUT2D eigenvalue weighted by Crippen LogP contribution is 2.33. The third-order valence-corrected chi connectivity index (χ3v) is 4.96. The topological polar surface area (TPSA) is 3.24 Å². The normalized spacial score (nSPS) is 14.3. The van der Waals surface area contributed by atoms with E-state index in [1.165, 1.54) is 45.2 Å². The summed E-state index contributed by atoms with van der Waals surface area (Å²) in [4.78, 5) is 2.54. The van der Waals surface area contributed by atoms with Gasteiger partial charge in [0, 0.05) is 18.4 Å². The van der Waals surface area contributed by atoms with Crippen LogP contribution in [-0.2, 0) is 0 Å². The Kier molecular flexibility index (Phi) is 9.62. The first-order valence-corrected chi connectivity index (χ1v) is 8.40. The van der Waals surface area contributed by atoms with Gasteiger partial charge in [-0.15, -0.1) is 0 Å². The summed E-state index contributed by atoms with van der Waals surface area (Å²) in [5, 5.41) is 1.15. The van der Waals surface area contributed by atoms with Gasteiger partial charge in [0.25, 0.3) is 0 Å². The second kappa shape index (κ2) is 9.38. The van der Waals surface area contributed by atoms with Crippen LogP contribution in [-0.4, -0.2) is 30.4 Å². The van der Waals surface area contributed by atoms with Gasteiger partial charge in [-0.05, 0) is 31.2 Å². The van der Waals surface area contributed by atoms with Crippen LogP contribution in [0.5, 0.6) is 0 Å². The van der Waals surface area contributed by atoms with Crippen LogP contribution in [0.3, 0.4) is 0 Å². The first-order chi connectivity index (χ1) is 8.03. The van der Waals surface area contributed by atoms with Crippen molar-refractivity contribution in [3.8, 4) is 0 Å². The summed E-state index contributed by atoms with van der Waals surface area (Å²) in [5.74, 6) is 0.816. The van der Waals surface area contributed by atoms with Gasteiger partial charge in [-0.1, -0.05) is 62.9 Å². The minimum atomic E-state index is 0.492. The van der Waals surface area contributed by atoms with E-state index >= 15 is 0 Å². The van der Waals surface area contributed by atoms with Crippen molar-refractivity contribution in [2.24, 2.45) is 11.3 Å². The van der Waals surface area contributed by atoms with Crippen molar-refractivity contribution >= 4 is 15.9 Å². The van der Waals surface area contributed by atoms with Crippen molar-refractivity contribution in [2.45, 2.75) is 59.8 Å². The number of nitrogens with zero attached hydrogens (tertiary/aromatic N) is 1. The molecule has 0 fully saturated rings. The van der Waals surface area contributed by atoms with Crippen molar-refractivity contribution in [1.29, 1.82) is 0 Å². The van der Waals surface area contributed by atoms with Gasteiger partial charge in [0.15, 0.2) is 0 Å². The second-order valence-corrected chi connectivity index (χ2v) is 6.40. The molecule has 0 aliphatic heterocycles. The fourth-order valence-corrected chi connectivity index (χ4v) is 3.56. The summed E-state index contributed by atoms with van der Waals surface area (Å²) < 4.78 is 0. The molecule has 1 unspecified atom stereocenters. The molecule has 1 atom stereocenters. The number of rotatable bonds is 10. The third-order valence-electron chi connectivity index (χ3n) is 3.77. The maximum atomic E-state index is 3.76. The van der Waals surface area contributed by atoms with E-state index in [9.17, 15) is 0 Å². The van der Waals surface area contributed by atoms with Crippen LogP contribution in [0, 0.1) is 11.3 Å². The Morgan fingerprint density at radius 2 is 1.65 bits per heavy atom. The fourth-order valence-electron chi connectivity index (χ4n) is 2.82. The summed E-state index contributed by atoms with van der Waals surface area (Å²) in [5.41, 5.74) is 0.492. The average molecular weight is 306 g/mol. The van der Waals surface area contributed by atoms with E-state index < -0.39 is 0 Å². The van der Waals surface area contributed by atoms with E-state index in [0.717, 1.165) is 11.2 Å². The zero-order valence-corrected chi connectivity index (χ0v) is 14.1. The minimum Gasteiger partial charge on any atom is -0.306 e. The Labute approximate surface area is 117 Å². The Morgan fingerprint density at radius 3 is 2.00 bits per heavy atom. The molecule has 104 valence electrons. The molecule has 0 aliphatic carbocycles. The fraction of sp³-hybridized carbons (Fsp3) is 1.00. The largest absolute Gasteiger partial charge is 0.306 e. The molecule has 2 heteroatoms. The van der Waals surface area contributed by atoms with Gasteiger partial charge in [-0.2, -0.15) is 0 Å². The molecule has 0 rings (SSSR count). The molecule has 17 heavy (non-hydrogen) atoms. The molecule has 0 amide bonds. The first kappa shape index (κ1) is 17.4. The number of hydrogen-bond acceptors (Lipinski definition) is 1. The third kappa shape index (κ3) is 6.81. The highest BCUT2D eigenvalue weighted by Gasteiger charge is 2.28. The number of halogens is 1. The molecule has 0 saturated heterocycles. The monoisotopic (exact) mass is 305 g/mol. The molecule has 0 aromatic heterocycles. The van der Waals surface area contributed by atoms with Crippen molar-refractivity contribution in [3.05, 3.63) is 0 Å². The molecule has 0 radical (unpaired) electrons. The summed E-state index contributed by atoms with van der Waals surface area (Å²) in [6.07, 6.45) is 6.56. The lowest BCUT2D eigenvalue weighted by atomic mass is 9.80. The highest BCUT2D eigenvalue weighted by molar-refractivity contribution is 9.09. The van der Waals surface area contributed by atoms with Crippen molar-refractivity contribution in [2.75, 3.05) is 25.5 Å². The second-order valence-electron chi connectivity index (χ2n) is 5.84. The van der Waals surface area contributed by atoms with Crippen LogP contribution in [0.2, 0.25) is 0 Å². The van der Waals surface area contributed by atoms with Crippen molar-refractivity contribution in [3.63, 3.8) is 0 Å². The Balaban J connectivity index is 4.39. The van der Waals surface area contributed by atoms with Crippen LogP contribution < -0.4 is 0 Å². The van der Waals surface area contributed by atoms with E-state index in [1.807, 2.05) is 0 Å². The first-order valence-electron chi connectivity index (χ1n) is 7.28. The maximum absolute atomic E-state index is 3.76. The van der Waals surface area contributed by atoms with Crippen molar-refractivity contribution in [1.82, 2.24) is 4.90 Å². The lowest BCUT2D eigenvalue weighted by molar-refractivity contribution is 0.156. The van der Waals surface area contributed by atoms with Crippen LogP contribution in [0.4, 0.5) is 0 Å². The van der Waals surface area contributed by atoms with Crippen LogP contribution >= 0.6 is 15.9 Å². The summed E-state index contributed by atoms with van der Waals surface area (Å²) in [6, 6.07) is 0. The van der Waals surface area contributed by atoms with Gasteiger partial charge in [0.1, 0.15) is 0 Å². The van der Waals surface area contributed by atoms with Gasteiger partial charge in [-0.25, -0.2) is 0 Å². The zero-order valence-electron chi connectivity index (χ0n) is 12.6. The smallest absolute Gasteiger partial charge is 0.0100 e. The predicted molar refractivity (Wildman–Crippen MR) is 83.0 cm³/mol. The van der Waals surface area contributed by atoms with E-state index in [1.54, 1.807) is 0 Å². The van der Waals surface area contributed by atoms with Gasteiger partial charge in [0.2, 0.25) is 0 Å². The Bertz CT molecular complexity index is 176. The van der Waals surface area contributed by atoms with Gasteiger partial charge < -0.3 is 4.90 Å². The van der Waals surface area contributed by atoms with Gasteiger partial charge in [0.05, 0.1) is 0 Å². The lowest BCUT2D eigenvalue weighted by Gasteiger charge is -2.36. The van der Waals surface area contributed by atoms with Crippen LogP contribution in [0.25, 0.3) is 0 Å². The van der Waals surface area contributed by atoms with E-state index in [-0.39, 0.29) is 0 Å². The summed E-state index contributed by atoms with van der Waals surface area (Å²) in [6.45, 7) is 11.7. The SMILES string of the molecule is CCCC(CBr)(CCC)CN(C)CC(C)CC. The lowest BCUT2D eigenvalue weighted by Crippen LogP contribution is -2.38. The molecule has 1 nitrogen and oxygen atoms in total. The van der Waals surface area contributed by atoms with Gasteiger partial charge in [-0.3, -0.25) is 0 Å². The molecule has 0 saturated carbocycles. The average Bonchev–Trinajstić information content (AvgIpc) is 2.29. The Morgan fingerprint density at radius 1 is 1.12 bits per heavy atom. The maximum Gasteiger partial charge on any atom is 0.0100 e. The molecule has 0 aromatic rings. The van der Waals surface area contributed by atoms with Gasteiger partial charge >= 0.3 is 0 Å². The standard InChI is InChI=1S/C15H32BrN/c1-6-9-15(12-16,10-7-2)13-17(5)11-14(4)8-3/h14H,6-13H2,1-5H3.